The maximum Gasteiger partial charge on any atom is 0.292 e. The summed E-state index contributed by atoms with van der Waals surface area (Å²) in [6, 6.07) is 7.11. The number of benzene rings is 1. The summed E-state index contributed by atoms with van der Waals surface area (Å²) in [5.74, 6) is 0.137. The predicted molar refractivity (Wildman–Crippen MR) is 88.4 cm³/mol. The second-order valence-corrected chi connectivity index (χ2v) is 6.74. The molecule has 1 aromatic carbocycles. The van der Waals surface area contributed by atoms with E-state index >= 15 is 0 Å². The van der Waals surface area contributed by atoms with E-state index in [4.69, 9.17) is 4.52 Å². The quantitative estimate of drug-likeness (QED) is 0.872. The van der Waals surface area contributed by atoms with Crippen LogP contribution in [0, 0.1) is 5.82 Å². The number of carbonyl (C=O) groups excluding carboxylic acids is 1. The number of nitrogens with one attached hydrogen (secondary N) is 1. The van der Waals surface area contributed by atoms with Gasteiger partial charge in [-0.15, -0.1) is 0 Å². The van der Waals surface area contributed by atoms with E-state index in [-0.39, 0.29) is 29.6 Å². The number of hydrogen-bond acceptors (Lipinski definition) is 5. The molecule has 0 unspecified atom stereocenters. The van der Waals surface area contributed by atoms with Gasteiger partial charge in [0.15, 0.2) is 0 Å². The first kappa shape index (κ1) is 16.2. The number of nitrogens with zero attached hydrogens (tertiary/aromatic N) is 3. The van der Waals surface area contributed by atoms with Crippen LogP contribution in [0.5, 0.6) is 0 Å². The van der Waals surface area contributed by atoms with Crippen LogP contribution in [0.4, 0.5) is 4.39 Å². The van der Waals surface area contributed by atoms with Gasteiger partial charge in [-0.05, 0) is 50.3 Å². The first-order chi connectivity index (χ1) is 12.2. The van der Waals surface area contributed by atoms with E-state index in [1.807, 2.05) is 12.1 Å². The average Bonchev–Trinajstić information content (AvgIpc) is 3.12. The third-order valence-electron chi connectivity index (χ3n) is 4.83. The molecule has 132 valence electrons. The molecule has 7 heteroatoms. The molecule has 4 rings (SSSR count). The lowest BCUT2D eigenvalue weighted by Crippen LogP contribution is -2.27. The van der Waals surface area contributed by atoms with Crippen LogP contribution in [0.25, 0.3) is 0 Å². The van der Waals surface area contributed by atoms with Crippen LogP contribution < -0.4 is 5.32 Å². The predicted octanol–water partition coefficient (Wildman–Crippen LogP) is 2.48. The topological polar surface area (TPSA) is 71.3 Å². The third kappa shape index (κ3) is 3.71. The van der Waals surface area contributed by atoms with Gasteiger partial charge in [0.2, 0.25) is 5.89 Å². The second-order valence-electron chi connectivity index (χ2n) is 6.74. The Morgan fingerprint density at radius 2 is 2.16 bits per heavy atom. The monoisotopic (exact) mass is 344 g/mol. The number of likely N-dealkylation sites (tertiary alicyclic amines) is 1. The molecular weight excluding hydrogens is 323 g/mol. The fourth-order valence-electron chi connectivity index (χ4n) is 3.28. The fraction of sp³-hybridized carbons (Fsp3) is 0.500. The summed E-state index contributed by atoms with van der Waals surface area (Å²) in [4.78, 5) is 18.5. The third-order valence-corrected chi connectivity index (χ3v) is 4.83. The largest absolute Gasteiger partial charge is 0.346 e. The van der Waals surface area contributed by atoms with E-state index in [1.165, 1.54) is 6.07 Å². The molecule has 2 heterocycles. The van der Waals surface area contributed by atoms with Crippen LogP contribution in [0.3, 0.4) is 0 Å². The Labute approximate surface area is 145 Å². The van der Waals surface area contributed by atoms with Gasteiger partial charge in [0.25, 0.3) is 11.7 Å². The van der Waals surface area contributed by atoms with Crippen molar-refractivity contribution in [1.29, 1.82) is 0 Å². The summed E-state index contributed by atoms with van der Waals surface area (Å²) in [6.45, 7) is 1.63. The molecule has 1 saturated carbocycles. The van der Waals surface area contributed by atoms with Crippen LogP contribution in [0.2, 0.25) is 0 Å². The molecule has 1 aliphatic carbocycles. The Kier molecular flexibility index (Phi) is 4.48. The van der Waals surface area contributed by atoms with Crippen molar-refractivity contribution in [2.45, 2.75) is 44.2 Å². The van der Waals surface area contributed by atoms with Crippen LogP contribution in [-0.4, -0.2) is 40.1 Å². The number of rotatable bonds is 6. The van der Waals surface area contributed by atoms with Crippen molar-refractivity contribution in [2.24, 2.45) is 0 Å². The molecule has 0 radical (unpaired) electrons. The zero-order valence-electron chi connectivity index (χ0n) is 13.9. The van der Waals surface area contributed by atoms with Gasteiger partial charge in [-0.3, -0.25) is 9.69 Å². The lowest BCUT2D eigenvalue weighted by atomic mass is 10.1. The van der Waals surface area contributed by atoms with E-state index in [0.717, 1.165) is 38.8 Å². The molecule has 25 heavy (non-hydrogen) atoms. The molecule has 1 amide bonds. The summed E-state index contributed by atoms with van der Waals surface area (Å²) in [5, 5.41) is 6.68. The van der Waals surface area contributed by atoms with E-state index in [2.05, 4.69) is 20.4 Å². The molecule has 6 nitrogen and oxygen atoms in total. The van der Waals surface area contributed by atoms with Crippen molar-refractivity contribution >= 4 is 5.91 Å². The van der Waals surface area contributed by atoms with Gasteiger partial charge in [0, 0.05) is 12.6 Å². The van der Waals surface area contributed by atoms with Crippen molar-refractivity contribution in [2.75, 3.05) is 13.1 Å². The lowest BCUT2D eigenvalue weighted by Gasteiger charge is -2.21. The normalized spacial score (nSPS) is 20.8. The van der Waals surface area contributed by atoms with Crippen LogP contribution in [0.1, 0.15) is 53.8 Å². The Balaban J connectivity index is 1.40. The van der Waals surface area contributed by atoms with Crippen molar-refractivity contribution in [3.05, 3.63) is 47.4 Å². The van der Waals surface area contributed by atoms with Crippen molar-refractivity contribution in [1.82, 2.24) is 20.4 Å². The first-order valence-electron chi connectivity index (χ1n) is 8.82. The van der Waals surface area contributed by atoms with Gasteiger partial charge in [0.05, 0.1) is 6.04 Å². The highest BCUT2D eigenvalue weighted by Crippen LogP contribution is 2.31. The lowest BCUT2D eigenvalue weighted by molar-refractivity contribution is 0.0937. The van der Waals surface area contributed by atoms with E-state index in [9.17, 15) is 9.18 Å². The smallest absolute Gasteiger partial charge is 0.292 e. The van der Waals surface area contributed by atoms with Gasteiger partial charge in [-0.25, -0.2) is 4.39 Å². The molecular formula is C18H21FN4O2. The zero-order chi connectivity index (χ0) is 17.2. The van der Waals surface area contributed by atoms with Gasteiger partial charge >= 0.3 is 0 Å². The van der Waals surface area contributed by atoms with Gasteiger partial charge in [-0.2, -0.15) is 4.98 Å². The molecule has 2 aromatic rings. The van der Waals surface area contributed by atoms with E-state index in [0.29, 0.717) is 17.9 Å². The van der Waals surface area contributed by atoms with Crippen LogP contribution >= 0.6 is 0 Å². The Bertz CT molecular complexity index is 759. The van der Waals surface area contributed by atoms with Crippen molar-refractivity contribution in [3.8, 4) is 0 Å². The summed E-state index contributed by atoms with van der Waals surface area (Å²) in [5.41, 5.74) is 0.711. The van der Waals surface area contributed by atoms with Crippen molar-refractivity contribution < 1.29 is 13.7 Å². The summed E-state index contributed by atoms with van der Waals surface area (Å²) < 4.78 is 19.1. The SMILES string of the molecule is O=C(NC1CC1)c1noc([C@@H]2CCCN2CCc2ccccc2F)n1. The molecule has 1 N–H and O–H groups in total. The van der Waals surface area contributed by atoms with Crippen LogP contribution in [-0.2, 0) is 6.42 Å². The molecule has 0 spiro atoms. The number of amides is 1. The highest BCUT2D eigenvalue weighted by molar-refractivity contribution is 5.90. The first-order valence-corrected chi connectivity index (χ1v) is 8.82. The number of hydrogen-bond donors (Lipinski definition) is 1. The fourth-order valence-corrected chi connectivity index (χ4v) is 3.28. The molecule has 1 saturated heterocycles. The summed E-state index contributed by atoms with van der Waals surface area (Å²) >= 11 is 0. The number of aromatic nitrogens is 2. The summed E-state index contributed by atoms with van der Waals surface area (Å²) in [6.07, 6.45) is 4.59. The van der Waals surface area contributed by atoms with Gasteiger partial charge in [-0.1, -0.05) is 23.4 Å². The average molecular weight is 344 g/mol. The molecule has 1 aromatic heterocycles. The summed E-state index contributed by atoms with van der Waals surface area (Å²) in [7, 11) is 0. The molecule has 0 bridgehead atoms. The maximum absolute atomic E-state index is 13.8. The molecule has 2 fully saturated rings. The number of halogens is 1. The minimum atomic E-state index is -0.270. The van der Waals surface area contributed by atoms with E-state index < -0.39 is 0 Å². The molecule has 1 aliphatic heterocycles. The molecule has 1 atom stereocenters. The van der Waals surface area contributed by atoms with Gasteiger partial charge in [0.1, 0.15) is 5.82 Å². The number of carbonyl (C=O) groups is 1. The van der Waals surface area contributed by atoms with E-state index in [1.54, 1.807) is 6.07 Å². The zero-order valence-corrected chi connectivity index (χ0v) is 13.9. The highest BCUT2D eigenvalue weighted by atomic mass is 19.1. The maximum atomic E-state index is 13.8. The minimum Gasteiger partial charge on any atom is -0.346 e. The minimum absolute atomic E-state index is 0.00162. The van der Waals surface area contributed by atoms with Crippen LogP contribution in [0.15, 0.2) is 28.8 Å². The second kappa shape index (κ2) is 6.92. The highest BCUT2D eigenvalue weighted by Gasteiger charge is 2.32. The van der Waals surface area contributed by atoms with Crippen molar-refractivity contribution in [3.63, 3.8) is 0 Å². The Morgan fingerprint density at radius 3 is 2.96 bits per heavy atom. The standard InChI is InChI=1S/C18H21FN4O2/c19-14-5-2-1-4-12(14)9-11-23-10-3-6-15(23)18-21-16(22-25-18)17(24)20-13-7-8-13/h1-2,4-5,13,15H,3,6-11H2,(H,20,24)/t15-/m0/s1. The Hall–Kier alpha value is -2.28. The van der Waals surface area contributed by atoms with Gasteiger partial charge < -0.3 is 9.84 Å². The molecule has 2 aliphatic rings. The Morgan fingerprint density at radius 1 is 1.32 bits per heavy atom.